The molecule has 0 atom stereocenters. The molecule has 0 spiro atoms. The number of rotatable bonds is 3. The maximum atomic E-state index is 12.9. The fourth-order valence-electron chi connectivity index (χ4n) is 1.18. The quantitative estimate of drug-likeness (QED) is 0.564. The summed E-state index contributed by atoms with van der Waals surface area (Å²) in [5.74, 6) is -0.719. The Morgan fingerprint density at radius 2 is 2.27 bits per heavy atom. The molecule has 0 radical (unpaired) electrons. The van der Waals surface area contributed by atoms with Crippen LogP contribution < -0.4 is 0 Å². The fourth-order valence-corrected chi connectivity index (χ4v) is 1.18. The molecule has 0 aromatic heterocycles. The molecule has 1 aromatic carbocycles. The summed E-state index contributed by atoms with van der Waals surface area (Å²) in [6.45, 7) is 3.82. The van der Waals surface area contributed by atoms with Crippen LogP contribution in [0.4, 0.5) is 4.39 Å². The Morgan fingerprint density at radius 3 is 2.87 bits per heavy atom. The van der Waals surface area contributed by atoms with Gasteiger partial charge in [0, 0.05) is 6.08 Å². The monoisotopic (exact) mass is 208 g/mol. The molecule has 0 aliphatic carbocycles. The van der Waals surface area contributed by atoms with Crippen LogP contribution >= 0.6 is 0 Å². The topological polar surface area (TPSA) is 26.3 Å². The van der Waals surface area contributed by atoms with Crippen LogP contribution in [0.5, 0.6) is 0 Å². The molecule has 0 bridgehead atoms. The predicted octanol–water partition coefficient (Wildman–Crippen LogP) is 2.79. The average Bonchev–Trinajstić information content (AvgIpc) is 2.18. The minimum atomic E-state index is -0.403. The molecule has 0 heterocycles. The van der Waals surface area contributed by atoms with E-state index in [1.165, 1.54) is 18.2 Å². The molecule has 0 amide bonds. The van der Waals surface area contributed by atoms with Gasteiger partial charge in [0.1, 0.15) is 5.82 Å². The molecule has 15 heavy (non-hydrogen) atoms. The van der Waals surface area contributed by atoms with Crippen molar-refractivity contribution in [2.45, 2.75) is 13.8 Å². The van der Waals surface area contributed by atoms with Crippen molar-refractivity contribution in [3.8, 4) is 0 Å². The molecule has 0 saturated heterocycles. The van der Waals surface area contributed by atoms with Crippen molar-refractivity contribution in [1.82, 2.24) is 0 Å². The average molecular weight is 208 g/mol. The molecule has 2 nitrogen and oxygen atoms in total. The first kappa shape index (κ1) is 11.4. The van der Waals surface area contributed by atoms with Gasteiger partial charge in [-0.05, 0) is 37.1 Å². The molecule has 0 fully saturated rings. The lowest BCUT2D eigenvalue weighted by atomic mass is 10.1. The number of hydrogen-bond donors (Lipinski definition) is 0. The van der Waals surface area contributed by atoms with E-state index in [-0.39, 0.29) is 5.82 Å². The van der Waals surface area contributed by atoms with Crippen molar-refractivity contribution in [1.29, 1.82) is 0 Å². The number of ether oxygens (including phenoxy) is 1. The first-order valence-corrected chi connectivity index (χ1v) is 4.74. The summed E-state index contributed by atoms with van der Waals surface area (Å²) < 4.78 is 17.6. The normalized spacial score (nSPS) is 11.3. The van der Waals surface area contributed by atoms with Crippen LogP contribution in [-0.4, -0.2) is 12.6 Å². The molecule has 0 unspecified atom stereocenters. The molecule has 0 aliphatic rings. The van der Waals surface area contributed by atoms with Gasteiger partial charge in [-0.3, -0.25) is 0 Å². The summed E-state index contributed by atoms with van der Waals surface area (Å²) in [5, 5.41) is 0. The predicted molar refractivity (Wildman–Crippen MR) is 56.7 cm³/mol. The second-order valence-electron chi connectivity index (χ2n) is 3.09. The standard InChI is InChI=1S/C12H13FO2/c1-3-15-12(14)7-9(2)10-5-4-6-11(13)8-10/h4-8H,3H2,1-2H3/b9-7+. The van der Waals surface area contributed by atoms with Crippen molar-refractivity contribution >= 4 is 11.5 Å². The van der Waals surface area contributed by atoms with Gasteiger partial charge in [-0.15, -0.1) is 0 Å². The van der Waals surface area contributed by atoms with Crippen LogP contribution in [0, 0.1) is 5.82 Å². The molecule has 3 heteroatoms. The molecule has 0 saturated carbocycles. The lowest BCUT2D eigenvalue weighted by molar-refractivity contribution is -0.137. The van der Waals surface area contributed by atoms with Gasteiger partial charge in [-0.25, -0.2) is 9.18 Å². The summed E-state index contributed by atoms with van der Waals surface area (Å²) in [4.78, 5) is 11.1. The highest BCUT2D eigenvalue weighted by molar-refractivity contribution is 5.90. The van der Waals surface area contributed by atoms with Gasteiger partial charge in [0.2, 0.25) is 0 Å². The highest BCUT2D eigenvalue weighted by atomic mass is 19.1. The Hall–Kier alpha value is -1.64. The van der Waals surface area contributed by atoms with Gasteiger partial charge in [0.05, 0.1) is 6.61 Å². The number of benzene rings is 1. The number of esters is 1. The zero-order chi connectivity index (χ0) is 11.3. The molecule has 0 aliphatic heterocycles. The Bertz CT molecular complexity index is 383. The Labute approximate surface area is 88.4 Å². The third-order valence-corrected chi connectivity index (χ3v) is 1.90. The van der Waals surface area contributed by atoms with E-state index in [4.69, 9.17) is 4.74 Å². The minimum Gasteiger partial charge on any atom is -0.463 e. The summed E-state index contributed by atoms with van der Waals surface area (Å²) in [7, 11) is 0. The maximum absolute atomic E-state index is 12.9. The van der Waals surface area contributed by atoms with E-state index in [1.807, 2.05) is 0 Å². The van der Waals surface area contributed by atoms with Gasteiger partial charge in [-0.1, -0.05) is 12.1 Å². The van der Waals surface area contributed by atoms with Gasteiger partial charge in [0.25, 0.3) is 0 Å². The summed E-state index contributed by atoms with van der Waals surface area (Å²) in [5.41, 5.74) is 1.37. The van der Waals surface area contributed by atoms with Crippen molar-refractivity contribution in [3.05, 3.63) is 41.7 Å². The molecular formula is C12H13FO2. The van der Waals surface area contributed by atoms with Crippen LogP contribution in [0.15, 0.2) is 30.3 Å². The van der Waals surface area contributed by atoms with Gasteiger partial charge >= 0.3 is 5.97 Å². The van der Waals surface area contributed by atoms with Gasteiger partial charge in [-0.2, -0.15) is 0 Å². The second kappa shape index (κ2) is 5.29. The second-order valence-corrected chi connectivity index (χ2v) is 3.09. The van der Waals surface area contributed by atoms with E-state index in [0.717, 1.165) is 0 Å². The van der Waals surface area contributed by atoms with Crippen molar-refractivity contribution in [2.75, 3.05) is 6.61 Å². The highest BCUT2D eigenvalue weighted by Crippen LogP contribution is 2.14. The van der Waals surface area contributed by atoms with Crippen molar-refractivity contribution in [3.63, 3.8) is 0 Å². The smallest absolute Gasteiger partial charge is 0.331 e. The zero-order valence-corrected chi connectivity index (χ0v) is 8.79. The number of halogens is 1. The number of carbonyl (C=O) groups excluding carboxylic acids is 1. The third kappa shape index (κ3) is 3.54. The SMILES string of the molecule is CCOC(=O)/C=C(\C)c1cccc(F)c1. The summed E-state index contributed by atoms with van der Waals surface area (Å²) in [6.07, 6.45) is 1.36. The van der Waals surface area contributed by atoms with Gasteiger partial charge < -0.3 is 4.74 Å². The van der Waals surface area contributed by atoms with Crippen molar-refractivity contribution in [2.24, 2.45) is 0 Å². The van der Waals surface area contributed by atoms with Crippen molar-refractivity contribution < 1.29 is 13.9 Å². The molecule has 1 aromatic rings. The molecule has 1 rings (SSSR count). The zero-order valence-electron chi connectivity index (χ0n) is 8.79. The highest BCUT2D eigenvalue weighted by Gasteiger charge is 2.01. The Morgan fingerprint density at radius 1 is 1.53 bits per heavy atom. The number of allylic oxidation sites excluding steroid dienone is 1. The number of hydrogen-bond acceptors (Lipinski definition) is 2. The largest absolute Gasteiger partial charge is 0.463 e. The summed E-state index contributed by atoms with van der Waals surface area (Å²) in [6, 6.07) is 6.09. The minimum absolute atomic E-state index is 0.316. The van der Waals surface area contributed by atoms with E-state index >= 15 is 0 Å². The third-order valence-electron chi connectivity index (χ3n) is 1.90. The van der Waals surface area contributed by atoms with E-state index in [0.29, 0.717) is 17.7 Å². The fraction of sp³-hybridized carbons (Fsp3) is 0.250. The van der Waals surface area contributed by atoms with Crippen LogP contribution in [0.3, 0.4) is 0 Å². The number of carbonyl (C=O) groups is 1. The molecule has 0 N–H and O–H groups in total. The van der Waals surface area contributed by atoms with Crippen LogP contribution in [0.25, 0.3) is 5.57 Å². The Kier molecular flexibility index (Phi) is 4.03. The van der Waals surface area contributed by atoms with Crippen LogP contribution in [-0.2, 0) is 9.53 Å². The van der Waals surface area contributed by atoms with E-state index in [9.17, 15) is 9.18 Å². The summed E-state index contributed by atoms with van der Waals surface area (Å²) >= 11 is 0. The van der Waals surface area contributed by atoms with E-state index in [2.05, 4.69) is 0 Å². The molecular weight excluding hydrogens is 195 g/mol. The van der Waals surface area contributed by atoms with Crippen LogP contribution in [0.2, 0.25) is 0 Å². The first-order chi connectivity index (χ1) is 7.13. The van der Waals surface area contributed by atoms with E-state index in [1.54, 1.807) is 26.0 Å². The van der Waals surface area contributed by atoms with Gasteiger partial charge in [0.15, 0.2) is 0 Å². The molecule has 80 valence electrons. The van der Waals surface area contributed by atoms with Crippen LogP contribution in [0.1, 0.15) is 19.4 Å². The maximum Gasteiger partial charge on any atom is 0.331 e. The first-order valence-electron chi connectivity index (χ1n) is 4.74. The van der Waals surface area contributed by atoms with E-state index < -0.39 is 5.97 Å². The Balaban J connectivity index is 2.84. The lowest BCUT2D eigenvalue weighted by Crippen LogP contribution is -2.00. The lowest BCUT2D eigenvalue weighted by Gasteiger charge is -2.01.